The second-order valence-electron chi connectivity index (χ2n) is 2.68. The molecule has 5 heteroatoms. The Bertz CT molecular complexity index is 63.0. The van der Waals surface area contributed by atoms with E-state index in [4.69, 9.17) is 18.8 Å². The van der Waals surface area contributed by atoms with Crippen molar-refractivity contribution in [3.8, 4) is 0 Å². The second-order valence-corrected chi connectivity index (χ2v) is 8.42. The topological polar surface area (TPSA) is 0 Å². The molecule has 0 bridgehead atoms. The van der Waals surface area contributed by atoms with Gasteiger partial charge in [-0.05, 0) is 48.7 Å². The van der Waals surface area contributed by atoms with E-state index in [0.717, 1.165) is 0 Å². The van der Waals surface area contributed by atoms with Gasteiger partial charge in [-0.1, -0.05) is 0 Å². The fraction of sp³-hybridized carbons (Fsp3) is 1.00. The van der Waals surface area contributed by atoms with Gasteiger partial charge in [-0.3, -0.25) is 0 Å². The Labute approximate surface area is 107 Å². The zero-order chi connectivity index (χ0) is 9.78. The molecule has 2 fully saturated rings. The fourth-order valence-electron chi connectivity index (χ4n) is 1.02. The summed E-state index contributed by atoms with van der Waals surface area (Å²) < 4.78 is 0. The van der Waals surface area contributed by atoms with E-state index in [0.29, 0.717) is 0 Å². The third-order valence-electron chi connectivity index (χ3n) is 1.65. The average Bonchev–Trinajstić information content (AvgIpc) is 2.85. The van der Waals surface area contributed by atoms with Crippen LogP contribution < -0.4 is 0 Å². The van der Waals surface area contributed by atoms with E-state index in [1.165, 1.54) is 48.7 Å². The quantitative estimate of drug-likeness (QED) is 0.546. The van der Waals surface area contributed by atoms with E-state index >= 15 is 0 Å². The number of hydrogen-bond donors (Lipinski definition) is 0. The van der Waals surface area contributed by atoms with Gasteiger partial charge >= 0.3 is 35.3 Å². The van der Waals surface area contributed by atoms with Gasteiger partial charge in [-0.15, -0.1) is 0 Å². The van der Waals surface area contributed by atoms with E-state index < -0.39 is 16.5 Å². The monoisotopic (exact) mass is 441 g/mol. The molecule has 0 N–H and O–H groups in total. The zero-order valence-corrected chi connectivity index (χ0v) is 13.0. The van der Waals surface area contributed by atoms with E-state index in [-0.39, 0.29) is 0 Å². The molecule has 0 aromatic heterocycles. The van der Waals surface area contributed by atoms with Crippen LogP contribution in [0, 0.1) is 0 Å². The number of halogens is 2. The Morgan fingerprint density at radius 2 is 0.923 bits per heavy atom. The van der Waals surface area contributed by atoms with Crippen LogP contribution in [0.4, 0.5) is 0 Å². The summed E-state index contributed by atoms with van der Waals surface area (Å²) in [6, 6.07) is 0. The molecule has 0 unspecified atom stereocenters. The zero-order valence-electron chi connectivity index (χ0n) is 7.55. The van der Waals surface area contributed by atoms with E-state index in [1.54, 1.807) is 0 Å². The summed E-state index contributed by atoms with van der Waals surface area (Å²) in [4.78, 5) is 0. The van der Waals surface area contributed by atoms with Crippen molar-refractivity contribution >= 4 is 42.4 Å². The van der Waals surface area contributed by atoms with Crippen molar-refractivity contribution in [3.63, 3.8) is 0 Å². The van der Waals surface area contributed by atoms with Crippen LogP contribution in [-0.4, -0.2) is 23.0 Å². The maximum absolute atomic E-state index is 4.88. The summed E-state index contributed by atoms with van der Waals surface area (Å²) in [5, 5.41) is 0. The summed E-state index contributed by atoms with van der Waals surface area (Å²) in [5.74, 6) is 5.67. The summed E-state index contributed by atoms with van der Waals surface area (Å²) in [6.07, 6.45) is 5.85. The Kier molecular flexibility index (Phi) is 16.1. The summed E-state index contributed by atoms with van der Waals surface area (Å²) >= 11 is 3.68. The minimum absolute atomic E-state index is 0.472. The van der Waals surface area contributed by atoms with Gasteiger partial charge in [0.15, 0.2) is 0 Å². The molecule has 0 radical (unpaired) electrons. The molecule has 2 saturated heterocycles. The molecule has 0 spiro atoms. The molecule has 0 atom stereocenters. The van der Waals surface area contributed by atoms with Gasteiger partial charge in [0.25, 0.3) is 0 Å². The van der Waals surface area contributed by atoms with Crippen LogP contribution >= 0.6 is 42.4 Å². The van der Waals surface area contributed by atoms with Crippen LogP contribution in [-0.2, 0) is 16.5 Å². The van der Waals surface area contributed by atoms with Crippen LogP contribution in [0.25, 0.3) is 0 Å². The molecule has 2 rings (SSSR count). The van der Waals surface area contributed by atoms with Crippen molar-refractivity contribution in [1.82, 2.24) is 0 Å². The number of thioether (sulfide) groups is 2. The summed E-state index contributed by atoms with van der Waals surface area (Å²) in [5.41, 5.74) is 0. The number of hydrogen-bond acceptors (Lipinski definition) is 2. The molecule has 84 valence electrons. The van der Waals surface area contributed by atoms with Gasteiger partial charge in [0.2, 0.25) is 0 Å². The Morgan fingerprint density at radius 3 is 1.00 bits per heavy atom. The third-order valence-corrected chi connectivity index (χ3v) is 3.96. The Hall–Kier alpha value is 1.97. The summed E-state index contributed by atoms with van der Waals surface area (Å²) in [6.45, 7) is 0. The normalized spacial score (nSPS) is 20.2. The molecule has 0 aromatic carbocycles. The van der Waals surface area contributed by atoms with Gasteiger partial charge in [0, 0.05) is 0 Å². The van der Waals surface area contributed by atoms with Crippen LogP contribution in [0.2, 0.25) is 0 Å². The summed E-state index contributed by atoms with van der Waals surface area (Å²) in [7, 11) is 9.75. The van der Waals surface area contributed by atoms with Crippen molar-refractivity contribution < 1.29 is 16.5 Å². The molecule has 2 aliphatic heterocycles. The number of rotatable bonds is 0. The van der Waals surface area contributed by atoms with Gasteiger partial charge < -0.3 is 0 Å². The molecule has 0 nitrogen and oxygen atoms in total. The first-order valence-electron chi connectivity index (χ1n) is 4.39. The first-order chi connectivity index (χ1) is 6.41. The van der Waals surface area contributed by atoms with Gasteiger partial charge in [-0.2, -0.15) is 23.5 Å². The van der Waals surface area contributed by atoms with Gasteiger partial charge in [-0.25, -0.2) is 0 Å². The van der Waals surface area contributed by atoms with E-state index in [1.807, 2.05) is 0 Å². The van der Waals surface area contributed by atoms with E-state index in [2.05, 4.69) is 23.5 Å². The van der Waals surface area contributed by atoms with Crippen molar-refractivity contribution in [2.75, 3.05) is 23.0 Å². The fourth-order valence-corrected chi connectivity index (χ4v) is 3.06. The van der Waals surface area contributed by atoms with Crippen molar-refractivity contribution in [1.29, 1.82) is 0 Å². The molecule has 2 aliphatic rings. The molecule has 0 saturated carbocycles. The third kappa shape index (κ3) is 14.0. The van der Waals surface area contributed by atoms with Crippen molar-refractivity contribution in [2.24, 2.45) is 0 Å². The Balaban J connectivity index is 0.000000174. The van der Waals surface area contributed by atoms with Crippen molar-refractivity contribution in [2.45, 2.75) is 25.7 Å². The van der Waals surface area contributed by atoms with Crippen LogP contribution in [0.3, 0.4) is 0 Å². The van der Waals surface area contributed by atoms with Gasteiger partial charge in [0.05, 0.1) is 0 Å². The average molecular weight is 442 g/mol. The van der Waals surface area contributed by atoms with Gasteiger partial charge in [0.1, 0.15) is 0 Å². The first kappa shape index (κ1) is 15.0. The second kappa shape index (κ2) is 14.0. The predicted octanol–water partition coefficient (Wildman–Crippen LogP) is 4.40. The molecule has 0 aliphatic carbocycles. The van der Waals surface area contributed by atoms with Crippen LogP contribution in [0.5, 0.6) is 0 Å². The predicted molar refractivity (Wildman–Crippen MR) is 64.8 cm³/mol. The molecular weight excluding hydrogens is 426 g/mol. The standard InChI is InChI=1S/2C4H8S.2ClH.Pt/c2*1-2-4-5-3-1;;;/h2*1-4H2;2*1H;/q;;;;+2/p-2. The molecule has 0 aromatic rings. The molecular formula is C8H16Cl2PtS2. The Morgan fingerprint density at radius 1 is 0.692 bits per heavy atom. The molecule has 0 amide bonds. The first-order valence-corrected chi connectivity index (χ1v) is 12.3. The molecule has 2 heterocycles. The van der Waals surface area contributed by atoms with Crippen LogP contribution in [0.1, 0.15) is 25.7 Å². The van der Waals surface area contributed by atoms with E-state index in [9.17, 15) is 0 Å². The SMILES string of the molecule is C1CCSC1.C1CCSC1.[Cl][Pt][Cl]. The van der Waals surface area contributed by atoms with Crippen molar-refractivity contribution in [3.05, 3.63) is 0 Å². The maximum atomic E-state index is 4.88. The van der Waals surface area contributed by atoms with Crippen LogP contribution in [0.15, 0.2) is 0 Å². The molecule has 13 heavy (non-hydrogen) atoms. The minimum atomic E-state index is -0.472.